The van der Waals surface area contributed by atoms with Crippen LogP contribution in [0, 0.1) is 5.92 Å². The van der Waals surface area contributed by atoms with Gasteiger partial charge in [0.25, 0.3) is 0 Å². The molecule has 3 heteroatoms. The molecule has 0 radical (unpaired) electrons. The highest BCUT2D eigenvalue weighted by Crippen LogP contribution is 2.32. The zero-order valence-corrected chi connectivity index (χ0v) is 8.53. The first-order valence-electron chi connectivity index (χ1n) is 4.95. The summed E-state index contributed by atoms with van der Waals surface area (Å²) in [6.07, 6.45) is 1.69. The maximum atomic E-state index is 11.8. The summed E-state index contributed by atoms with van der Waals surface area (Å²) < 4.78 is 5.04. The molecule has 1 aliphatic rings. The summed E-state index contributed by atoms with van der Waals surface area (Å²) in [5.41, 5.74) is 0.372. The van der Waals surface area contributed by atoms with Gasteiger partial charge >= 0.3 is 0 Å². The van der Waals surface area contributed by atoms with Gasteiger partial charge in [-0.15, -0.1) is 0 Å². The average Bonchev–Trinajstić information content (AvgIpc) is 3.11. The number of para-hydroxylation sites is 1. The van der Waals surface area contributed by atoms with E-state index in [1.54, 1.807) is 24.3 Å². The summed E-state index contributed by atoms with van der Waals surface area (Å²) in [4.78, 5) is 23.3. The van der Waals surface area contributed by atoms with Crippen molar-refractivity contribution in [1.82, 2.24) is 0 Å². The predicted molar refractivity (Wildman–Crippen MR) is 55.1 cm³/mol. The number of rotatable bonds is 4. The van der Waals surface area contributed by atoms with Gasteiger partial charge in [0.05, 0.1) is 12.7 Å². The molecule has 15 heavy (non-hydrogen) atoms. The van der Waals surface area contributed by atoms with Gasteiger partial charge in [0, 0.05) is 5.92 Å². The highest BCUT2D eigenvalue weighted by Gasteiger charge is 2.35. The van der Waals surface area contributed by atoms with E-state index in [1.165, 1.54) is 7.11 Å². The Morgan fingerprint density at radius 3 is 2.53 bits per heavy atom. The monoisotopic (exact) mass is 204 g/mol. The Balaban J connectivity index is 2.27. The zero-order chi connectivity index (χ0) is 10.8. The lowest BCUT2D eigenvalue weighted by Crippen LogP contribution is -2.16. The largest absolute Gasteiger partial charge is 0.496 e. The van der Waals surface area contributed by atoms with E-state index in [4.69, 9.17) is 4.74 Å². The lowest BCUT2D eigenvalue weighted by atomic mass is 10.0. The first kappa shape index (κ1) is 9.90. The number of ketones is 2. The van der Waals surface area contributed by atoms with Gasteiger partial charge in [-0.25, -0.2) is 0 Å². The third-order valence-corrected chi connectivity index (χ3v) is 2.52. The van der Waals surface area contributed by atoms with Gasteiger partial charge in [0.1, 0.15) is 5.75 Å². The Kier molecular flexibility index (Phi) is 2.54. The summed E-state index contributed by atoms with van der Waals surface area (Å²) in [7, 11) is 1.49. The van der Waals surface area contributed by atoms with Crippen LogP contribution in [0.15, 0.2) is 24.3 Å². The van der Waals surface area contributed by atoms with Crippen LogP contribution in [0.5, 0.6) is 5.75 Å². The Morgan fingerprint density at radius 1 is 1.27 bits per heavy atom. The van der Waals surface area contributed by atoms with E-state index in [9.17, 15) is 9.59 Å². The molecule has 0 spiro atoms. The van der Waals surface area contributed by atoms with Crippen LogP contribution in [0.4, 0.5) is 0 Å². The van der Waals surface area contributed by atoms with E-state index in [1.807, 2.05) is 0 Å². The van der Waals surface area contributed by atoms with Crippen LogP contribution < -0.4 is 4.74 Å². The zero-order valence-electron chi connectivity index (χ0n) is 8.53. The molecule has 1 fully saturated rings. The fourth-order valence-corrected chi connectivity index (χ4v) is 1.50. The first-order chi connectivity index (χ1) is 7.24. The molecule has 0 heterocycles. The van der Waals surface area contributed by atoms with E-state index in [2.05, 4.69) is 0 Å². The van der Waals surface area contributed by atoms with Crippen LogP contribution in [0.1, 0.15) is 23.2 Å². The molecular weight excluding hydrogens is 192 g/mol. The maximum absolute atomic E-state index is 11.8. The molecule has 0 aromatic heterocycles. The second-order valence-corrected chi connectivity index (χ2v) is 3.67. The average molecular weight is 204 g/mol. The highest BCUT2D eigenvalue weighted by molar-refractivity contribution is 6.45. The molecule has 0 saturated heterocycles. The summed E-state index contributed by atoms with van der Waals surface area (Å²) in [6.45, 7) is 0. The summed E-state index contributed by atoms with van der Waals surface area (Å²) >= 11 is 0. The molecular formula is C12H12O3. The summed E-state index contributed by atoms with van der Waals surface area (Å²) in [5, 5.41) is 0. The number of benzene rings is 1. The van der Waals surface area contributed by atoms with Crippen LogP contribution in [0.2, 0.25) is 0 Å². The highest BCUT2D eigenvalue weighted by atomic mass is 16.5. The van der Waals surface area contributed by atoms with Gasteiger partial charge in [-0.2, -0.15) is 0 Å². The van der Waals surface area contributed by atoms with Crippen molar-refractivity contribution in [2.75, 3.05) is 7.11 Å². The van der Waals surface area contributed by atoms with Crippen molar-refractivity contribution in [1.29, 1.82) is 0 Å². The third kappa shape index (κ3) is 1.91. The molecule has 0 unspecified atom stereocenters. The number of carbonyl (C=O) groups is 2. The Morgan fingerprint density at radius 2 is 1.93 bits per heavy atom. The standard InChI is InChI=1S/C12H12O3/c1-15-10-5-3-2-4-9(10)12(14)11(13)8-6-7-8/h2-5,8H,6-7H2,1H3. The molecule has 1 saturated carbocycles. The minimum Gasteiger partial charge on any atom is -0.496 e. The molecule has 78 valence electrons. The number of ether oxygens (including phenoxy) is 1. The van der Waals surface area contributed by atoms with Crippen molar-refractivity contribution in [2.24, 2.45) is 5.92 Å². The van der Waals surface area contributed by atoms with Crippen molar-refractivity contribution in [3.63, 3.8) is 0 Å². The molecule has 1 aromatic carbocycles. The van der Waals surface area contributed by atoms with E-state index in [0.29, 0.717) is 11.3 Å². The summed E-state index contributed by atoms with van der Waals surface area (Å²) in [6, 6.07) is 6.82. The number of hydrogen-bond donors (Lipinski definition) is 0. The fourth-order valence-electron chi connectivity index (χ4n) is 1.50. The van der Waals surface area contributed by atoms with Crippen LogP contribution >= 0.6 is 0 Å². The van der Waals surface area contributed by atoms with Gasteiger partial charge in [-0.1, -0.05) is 12.1 Å². The smallest absolute Gasteiger partial charge is 0.232 e. The second kappa shape index (κ2) is 3.85. The fraction of sp³-hybridized carbons (Fsp3) is 0.333. The molecule has 0 aliphatic heterocycles. The molecule has 3 nitrogen and oxygen atoms in total. The first-order valence-corrected chi connectivity index (χ1v) is 4.95. The second-order valence-electron chi connectivity index (χ2n) is 3.67. The Labute approximate surface area is 88.1 Å². The minimum absolute atomic E-state index is 0.0394. The van der Waals surface area contributed by atoms with E-state index in [-0.39, 0.29) is 11.7 Å². The molecule has 0 bridgehead atoms. The van der Waals surface area contributed by atoms with Crippen LogP contribution in [0.3, 0.4) is 0 Å². The van der Waals surface area contributed by atoms with Gasteiger partial charge in [-0.3, -0.25) is 9.59 Å². The SMILES string of the molecule is COc1ccccc1C(=O)C(=O)C1CC1. The lowest BCUT2D eigenvalue weighted by Gasteiger charge is -2.05. The molecule has 0 N–H and O–H groups in total. The third-order valence-electron chi connectivity index (χ3n) is 2.52. The topological polar surface area (TPSA) is 43.4 Å². The van der Waals surface area contributed by atoms with Gasteiger partial charge < -0.3 is 4.74 Å². The number of hydrogen-bond acceptors (Lipinski definition) is 3. The normalized spacial score (nSPS) is 14.7. The van der Waals surface area contributed by atoms with Crippen molar-refractivity contribution >= 4 is 11.6 Å². The molecule has 1 aliphatic carbocycles. The Bertz CT molecular complexity index is 405. The van der Waals surface area contributed by atoms with Crippen molar-refractivity contribution in [2.45, 2.75) is 12.8 Å². The van der Waals surface area contributed by atoms with Crippen LogP contribution in [0.25, 0.3) is 0 Å². The molecule has 0 amide bonds. The number of methoxy groups -OCH3 is 1. The molecule has 0 atom stereocenters. The number of Topliss-reactive ketones (excluding diaryl/α,β-unsaturated/α-hetero) is 2. The molecule has 2 rings (SSSR count). The van der Waals surface area contributed by atoms with Gasteiger partial charge in [-0.05, 0) is 25.0 Å². The number of carbonyl (C=O) groups excluding carboxylic acids is 2. The lowest BCUT2D eigenvalue weighted by molar-refractivity contribution is -0.116. The van der Waals surface area contributed by atoms with Crippen molar-refractivity contribution in [3.05, 3.63) is 29.8 Å². The van der Waals surface area contributed by atoms with Crippen LogP contribution in [-0.4, -0.2) is 18.7 Å². The quantitative estimate of drug-likeness (QED) is 0.555. The minimum atomic E-state index is -0.421. The van der Waals surface area contributed by atoms with E-state index >= 15 is 0 Å². The van der Waals surface area contributed by atoms with Gasteiger partial charge in [0.15, 0.2) is 0 Å². The Hall–Kier alpha value is -1.64. The predicted octanol–water partition coefficient (Wildman–Crippen LogP) is 1.86. The van der Waals surface area contributed by atoms with E-state index < -0.39 is 5.78 Å². The van der Waals surface area contributed by atoms with E-state index in [0.717, 1.165) is 12.8 Å². The van der Waals surface area contributed by atoms with Crippen LogP contribution in [-0.2, 0) is 4.79 Å². The summed E-state index contributed by atoms with van der Waals surface area (Å²) in [5.74, 6) is -0.270. The van der Waals surface area contributed by atoms with Crippen molar-refractivity contribution < 1.29 is 14.3 Å². The van der Waals surface area contributed by atoms with Gasteiger partial charge in [0.2, 0.25) is 11.6 Å². The van der Waals surface area contributed by atoms with Crippen molar-refractivity contribution in [3.8, 4) is 5.75 Å². The molecule has 1 aromatic rings. The maximum Gasteiger partial charge on any atom is 0.232 e.